The number of hydrogen-bond acceptors (Lipinski definition) is 7. The molecule has 2 atom stereocenters. The Morgan fingerprint density at radius 3 is 2.61 bits per heavy atom. The SMILES string of the molecule is CCOc1ncccc1-c1ccc(N2CCN(C(=O)c3ccc(F)cc3C(F)F)C[C@H]2CC)c(C(=O)N[C@@H]2CCN(C)C2)n1. The maximum atomic E-state index is 13.8. The van der Waals surface area contributed by atoms with Crippen molar-refractivity contribution in [2.75, 3.05) is 51.3 Å². The van der Waals surface area contributed by atoms with Crippen molar-refractivity contribution in [2.24, 2.45) is 0 Å². The largest absolute Gasteiger partial charge is 0.477 e. The van der Waals surface area contributed by atoms with Gasteiger partial charge in [0.1, 0.15) is 5.82 Å². The van der Waals surface area contributed by atoms with Gasteiger partial charge in [-0.15, -0.1) is 0 Å². The van der Waals surface area contributed by atoms with Crippen LogP contribution in [0.2, 0.25) is 0 Å². The van der Waals surface area contributed by atoms with E-state index in [1.165, 1.54) is 4.90 Å². The van der Waals surface area contributed by atoms with Crippen LogP contribution >= 0.6 is 0 Å². The maximum Gasteiger partial charge on any atom is 0.272 e. The van der Waals surface area contributed by atoms with E-state index in [-0.39, 0.29) is 42.3 Å². The highest BCUT2D eigenvalue weighted by molar-refractivity contribution is 5.99. The quantitative estimate of drug-likeness (QED) is 0.373. The van der Waals surface area contributed by atoms with Gasteiger partial charge in [-0.3, -0.25) is 9.59 Å². The van der Waals surface area contributed by atoms with Gasteiger partial charge in [-0.2, -0.15) is 0 Å². The molecule has 9 nitrogen and oxygen atoms in total. The minimum Gasteiger partial charge on any atom is -0.477 e. The van der Waals surface area contributed by atoms with Gasteiger partial charge in [-0.05, 0) is 75.8 Å². The molecule has 3 aromatic rings. The molecule has 0 aliphatic carbocycles. The van der Waals surface area contributed by atoms with Crippen molar-refractivity contribution < 1.29 is 27.5 Å². The molecule has 0 saturated carbocycles. The molecular formula is C32H37F3N6O3. The second kappa shape index (κ2) is 13.6. The fourth-order valence-corrected chi connectivity index (χ4v) is 5.93. The number of rotatable bonds is 9. The monoisotopic (exact) mass is 610 g/mol. The lowest BCUT2D eigenvalue weighted by atomic mass is 10.0. The average Bonchev–Trinajstić information content (AvgIpc) is 3.44. The predicted octanol–water partition coefficient (Wildman–Crippen LogP) is 4.79. The summed E-state index contributed by atoms with van der Waals surface area (Å²) in [5.74, 6) is -1.28. The second-order valence-corrected chi connectivity index (χ2v) is 11.1. The summed E-state index contributed by atoms with van der Waals surface area (Å²) in [7, 11) is 2.01. The molecule has 234 valence electrons. The first-order chi connectivity index (χ1) is 21.2. The molecule has 2 aromatic heterocycles. The molecule has 1 N–H and O–H groups in total. The highest BCUT2D eigenvalue weighted by Gasteiger charge is 2.34. The van der Waals surface area contributed by atoms with E-state index < -0.39 is 23.7 Å². The number of likely N-dealkylation sites (tertiary alicyclic amines) is 1. The third-order valence-electron chi connectivity index (χ3n) is 8.17. The number of aromatic nitrogens is 2. The van der Waals surface area contributed by atoms with Gasteiger partial charge in [0.2, 0.25) is 5.88 Å². The van der Waals surface area contributed by atoms with Crippen LogP contribution in [0.25, 0.3) is 11.3 Å². The Balaban J connectivity index is 1.46. The zero-order valence-corrected chi connectivity index (χ0v) is 25.1. The van der Waals surface area contributed by atoms with Crippen molar-refractivity contribution >= 4 is 17.5 Å². The molecule has 5 rings (SSSR count). The van der Waals surface area contributed by atoms with Gasteiger partial charge >= 0.3 is 0 Å². The smallest absolute Gasteiger partial charge is 0.272 e. The highest BCUT2D eigenvalue weighted by atomic mass is 19.3. The van der Waals surface area contributed by atoms with Crippen molar-refractivity contribution in [3.63, 3.8) is 0 Å². The summed E-state index contributed by atoms with van der Waals surface area (Å²) < 4.78 is 46.8. The first kappa shape index (κ1) is 31.2. The van der Waals surface area contributed by atoms with Crippen LogP contribution in [0.5, 0.6) is 5.88 Å². The number of alkyl halides is 2. The van der Waals surface area contributed by atoms with E-state index in [9.17, 15) is 22.8 Å². The summed E-state index contributed by atoms with van der Waals surface area (Å²) in [6.07, 6.45) is 0.0933. The Labute approximate surface area is 255 Å². The minimum atomic E-state index is -2.98. The fourth-order valence-electron chi connectivity index (χ4n) is 5.93. The van der Waals surface area contributed by atoms with Crippen molar-refractivity contribution in [2.45, 2.75) is 45.2 Å². The van der Waals surface area contributed by atoms with E-state index in [2.05, 4.69) is 20.1 Å². The van der Waals surface area contributed by atoms with E-state index in [0.717, 1.165) is 31.6 Å². The van der Waals surface area contributed by atoms with Crippen molar-refractivity contribution in [1.82, 2.24) is 25.1 Å². The van der Waals surface area contributed by atoms with Gasteiger partial charge in [-0.1, -0.05) is 6.92 Å². The standard InChI is InChI=1S/C32H37F3N6O3/c1-4-22-19-40(32(43)23-9-8-20(33)17-25(23)29(34)35)15-16-41(22)27-11-10-26(24-7-6-13-36-31(24)44-5-2)38-28(27)30(42)37-21-12-14-39(3)18-21/h6-11,13,17,21-22,29H,4-5,12,14-16,18-19H2,1-3H3,(H,37,42)/t21-,22-/m1/s1. The van der Waals surface area contributed by atoms with Crippen molar-refractivity contribution in [3.8, 4) is 17.1 Å². The lowest BCUT2D eigenvalue weighted by Crippen LogP contribution is -2.55. The van der Waals surface area contributed by atoms with E-state index in [0.29, 0.717) is 48.5 Å². The number of hydrogen-bond donors (Lipinski definition) is 1. The summed E-state index contributed by atoms with van der Waals surface area (Å²) in [6, 6.07) is 9.92. The molecule has 2 aliphatic rings. The predicted molar refractivity (Wildman–Crippen MR) is 161 cm³/mol. The Hall–Kier alpha value is -4.19. The Morgan fingerprint density at radius 1 is 1.09 bits per heavy atom. The van der Waals surface area contributed by atoms with E-state index in [1.54, 1.807) is 12.3 Å². The Bertz CT molecular complexity index is 1510. The Morgan fingerprint density at radius 2 is 1.91 bits per heavy atom. The third kappa shape index (κ3) is 6.64. The normalized spacial score (nSPS) is 19.0. The molecule has 2 fully saturated rings. The zero-order valence-electron chi connectivity index (χ0n) is 25.1. The highest BCUT2D eigenvalue weighted by Crippen LogP contribution is 2.33. The number of carbonyl (C=O) groups excluding carboxylic acids is 2. The maximum absolute atomic E-state index is 13.8. The number of carbonyl (C=O) groups is 2. The molecule has 0 spiro atoms. The summed E-state index contributed by atoms with van der Waals surface area (Å²) >= 11 is 0. The van der Waals surface area contributed by atoms with Crippen molar-refractivity contribution in [3.05, 3.63) is 71.3 Å². The van der Waals surface area contributed by atoms with Gasteiger partial charge in [0.15, 0.2) is 5.69 Å². The van der Waals surface area contributed by atoms with Gasteiger partial charge < -0.3 is 24.8 Å². The summed E-state index contributed by atoms with van der Waals surface area (Å²) in [5, 5.41) is 3.14. The molecule has 0 unspecified atom stereocenters. The van der Waals surface area contributed by atoms with E-state index >= 15 is 0 Å². The summed E-state index contributed by atoms with van der Waals surface area (Å²) in [5.41, 5.74) is 1.24. The molecule has 12 heteroatoms. The van der Waals surface area contributed by atoms with Gasteiger partial charge in [0, 0.05) is 55.6 Å². The summed E-state index contributed by atoms with van der Waals surface area (Å²) in [4.78, 5) is 42.1. The van der Waals surface area contributed by atoms with Gasteiger partial charge in [0.05, 0.1) is 23.6 Å². The number of piperazine rings is 1. The average molecular weight is 611 g/mol. The number of nitrogens with zero attached hydrogens (tertiary/aromatic N) is 5. The first-order valence-corrected chi connectivity index (χ1v) is 14.9. The van der Waals surface area contributed by atoms with Crippen LogP contribution in [0, 0.1) is 5.82 Å². The molecule has 0 radical (unpaired) electrons. The molecule has 4 heterocycles. The van der Waals surface area contributed by atoms with Crippen LogP contribution in [0.1, 0.15) is 59.5 Å². The number of likely N-dealkylation sites (N-methyl/N-ethyl adjacent to an activating group) is 1. The number of pyridine rings is 2. The zero-order chi connectivity index (χ0) is 31.4. The molecular weight excluding hydrogens is 573 g/mol. The van der Waals surface area contributed by atoms with Crippen molar-refractivity contribution in [1.29, 1.82) is 0 Å². The van der Waals surface area contributed by atoms with Crippen LogP contribution in [0.3, 0.4) is 0 Å². The minimum absolute atomic E-state index is 0.0145. The van der Waals surface area contributed by atoms with Gasteiger partial charge in [-0.25, -0.2) is 23.1 Å². The van der Waals surface area contributed by atoms with E-state index in [1.807, 2.05) is 39.1 Å². The number of halogens is 3. The van der Waals surface area contributed by atoms with Gasteiger partial charge in [0.25, 0.3) is 18.2 Å². The topological polar surface area (TPSA) is 90.9 Å². The summed E-state index contributed by atoms with van der Waals surface area (Å²) in [6.45, 7) is 6.68. The third-order valence-corrected chi connectivity index (χ3v) is 8.17. The lowest BCUT2D eigenvalue weighted by Gasteiger charge is -2.43. The molecule has 44 heavy (non-hydrogen) atoms. The molecule has 1 aromatic carbocycles. The van der Waals surface area contributed by atoms with E-state index in [4.69, 9.17) is 9.72 Å². The first-order valence-electron chi connectivity index (χ1n) is 14.9. The molecule has 2 amide bonds. The molecule has 0 bridgehead atoms. The molecule has 2 saturated heterocycles. The number of anilines is 1. The van der Waals surface area contributed by atoms with Crippen LogP contribution < -0.4 is 15.0 Å². The molecule has 2 aliphatic heterocycles. The fraction of sp³-hybridized carbons (Fsp3) is 0.438. The number of ether oxygens (including phenoxy) is 1. The number of benzene rings is 1. The van der Waals surface area contributed by atoms with Crippen LogP contribution in [0.15, 0.2) is 48.7 Å². The van der Waals surface area contributed by atoms with Crippen LogP contribution in [-0.2, 0) is 0 Å². The Kier molecular flexibility index (Phi) is 9.68. The second-order valence-electron chi connectivity index (χ2n) is 11.1. The number of amides is 2. The van der Waals surface area contributed by atoms with Crippen LogP contribution in [-0.4, -0.2) is 90.0 Å². The number of nitrogens with one attached hydrogen (secondary N) is 1. The van der Waals surface area contributed by atoms with Crippen LogP contribution in [0.4, 0.5) is 18.9 Å². The lowest BCUT2D eigenvalue weighted by molar-refractivity contribution is 0.0708.